The van der Waals surface area contributed by atoms with Crippen molar-refractivity contribution in [1.82, 2.24) is 4.98 Å². The zero-order valence-electron chi connectivity index (χ0n) is 12.5. The number of hydrogen-bond donors (Lipinski definition) is 1. The Morgan fingerprint density at radius 3 is 2.65 bits per heavy atom. The Balaban J connectivity index is 2.13. The molecule has 0 unspecified atom stereocenters. The van der Waals surface area contributed by atoms with Gasteiger partial charge in [0.2, 0.25) is 0 Å². The Morgan fingerprint density at radius 2 is 1.96 bits per heavy atom. The highest BCUT2D eigenvalue weighted by Gasteiger charge is 2.18. The first kappa shape index (κ1) is 15.3. The number of pyridine rings is 1. The summed E-state index contributed by atoms with van der Waals surface area (Å²) in [5, 5.41) is 10.8. The first-order valence-corrected chi connectivity index (χ1v) is 7.50. The molecule has 1 heterocycles. The van der Waals surface area contributed by atoms with E-state index < -0.39 is 5.97 Å². The molecular weight excluding hydrogens is 312 g/mol. The summed E-state index contributed by atoms with van der Waals surface area (Å²) < 4.78 is 0. The number of hydrogen-bond acceptors (Lipinski definition) is 3. The standard InChI is InChI=1S/C18H15ClN2O2/c1-21(11-12-5-3-2-4-6-12)17-14-8-7-13(19)9-16(14)20-10-15(17)18(22)23/h2-10H,11H2,1H3,(H,22,23). The van der Waals surface area contributed by atoms with Gasteiger partial charge >= 0.3 is 5.97 Å². The van der Waals surface area contributed by atoms with Crippen molar-refractivity contribution >= 4 is 34.2 Å². The number of halogens is 1. The minimum atomic E-state index is -0.996. The van der Waals surface area contributed by atoms with Crippen molar-refractivity contribution in [3.63, 3.8) is 0 Å². The summed E-state index contributed by atoms with van der Waals surface area (Å²) in [6, 6.07) is 15.2. The molecule has 0 saturated heterocycles. The van der Waals surface area contributed by atoms with Crippen LogP contribution in [0, 0.1) is 0 Å². The maximum absolute atomic E-state index is 11.6. The van der Waals surface area contributed by atoms with E-state index in [1.807, 2.05) is 48.3 Å². The fourth-order valence-corrected chi connectivity index (χ4v) is 2.82. The minimum Gasteiger partial charge on any atom is -0.478 e. The number of aromatic nitrogens is 1. The topological polar surface area (TPSA) is 53.4 Å². The number of carbonyl (C=O) groups is 1. The van der Waals surface area contributed by atoms with E-state index in [0.717, 1.165) is 10.9 Å². The van der Waals surface area contributed by atoms with E-state index >= 15 is 0 Å². The molecule has 0 aliphatic carbocycles. The quantitative estimate of drug-likeness (QED) is 0.779. The molecule has 23 heavy (non-hydrogen) atoms. The van der Waals surface area contributed by atoms with Gasteiger partial charge in [-0.2, -0.15) is 0 Å². The van der Waals surface area contributed by atoms with Crippen LogP contribution < -0.4 is 4.90 Å². The number of aromatic carboxylic acids is 1. The Morgan fingerprint density at radius 1 is 1.22 bits per heavy atom. The van der Waals surface area contributed by atoms with Crippen LogP contribution in [0.4, 0.5) is 5.69 Å². The van der Waals surface area contributed by atoms with Gasteiger partial charge in [-0.1, -0.05) is 41.9 Å². The van der Waals surface area contributed by atoms with Crippen molar-refractivity contribution < 1.29 is 9.90 Å². The van der Waals surface area contributed by atoms with Crippen LogP contribution in [0.3, 0.4) is 0 Å². The minimum absolute atomic E-state index is 0.179. The molecule has 116 valence electrons. The maximum Gasteiger partial charge on any atom is 0.339 e. The first-order chi connectivity index (χ1) is 11.1. The van der Waals surface area contributed by atoms with Crippen molar-refractivity contribution in [2.75, 3.05) is 11.9 Å². The normalized spacial score (nSPS) is 10.7. The van der Waals surface area contributed by atoms with Gasteiger partial charge in [0.15, 0.2) is 0 Å². The molecule has 0 fully saturated rings. The third-order valence-electron chi connectivity index (χ3n) is 3.68. The lowest BCUT2D eigenvalue weighted by atomic mass is 10.1. The van der Waals surface area contributed by atoms with Crippen LogP contribution in [0.15, 0.2) is 54.7 Å². The molecule has 2 aromatic carbocycles. The molecule has 1 aromatic heterocycles. The molecule has 3 rings (SSSR count). The predicted molar refractivity (Wildman–Crippen MR) is 92.3 cm³/mol. The monoisotopic (exact) mass is 326 g/mol. The lowest BCUT2D eigenvalue weighted by Crippen LogP contribution is -2.20. The van der Waals surface area contributed by atoms with Gasteiger partial charge in [-0.25, -0.2) is 4.79 Å². The number of rotatable bonds is 4. The van der Waals surface area contributed by atoms with E-state index in [9.17, 15) is 9.90 Å². The summed E-state index contributed by atoms with van der Waals surface area (Å²) in [5.74, 6) is -0.996. The second-order valence-electron chi connectivity index (χ2n) is 5.33. The average molecular weight is 327 g/mol. The highest BCUT2D eigenvalue weighted by molar-refractivity contribution is 6.31. The molecule has 0 aliphatic rings. The molecule has 4 nitrogen and oxygen atoms in total. The Bertz CT molecular complexity index is 866. The molecule has 0 radical (unpaired) electrons. The van der Waals surface area contributed by atoms with Crippen molar-refractivity contribution in [1.29, 1.82) is 0 Å². The fourth-order valence-electron chi connectivity index (χ4n) is 2.66. The van der Waals surface area contributed by atoms with Crippen molar-refractivity contribution in [2.24, 2.45) is 0 Å². The van der Waals surface area contributed by atoms with Crippen LogP contribution in [0.2, 0.25) is 5.02 Å². The van der Waals surface area contributed by atoms with Gasteiger partial charge in [0, 0.05) is 30.2 Å². The zero-order valence-corrected chi connectivity index (χ0v) is 13.3. The number of nitrogens with zero attached hydrogens (tertiary/aromatic N) is 2. The van der Waals surface area contributed by atoms with Gasteiger partial charge in [0.05, 0.1) is 11.2 Å². The zero-order chi connectivity index (χ0) is 16.4. The van der Waals surface area contributed by atoms with Gasteiger partial charge in [-0.05, 0) is 23.8 Å². The molecule has 0 aliphatic heterocycles. The summed E-state index contributed by atoms with van der Waals surface area (Å²) in [5.41, 5.74) is 2.60. The van der Waals surface area contributed by atoms with Crippen LogP contribution in [0.5, 0.6) is 0 Å². The SMILES string of the molecule is CN(Cc1ccccc1)c1c(C(=O)O)cnc2cc(Cl)ccc12. The Kier molecular flexibility index (Phi) is 4.17. The number of carboxylic acids is 1. The molecule has 1 N–H and O–H groups in total. The van der Waals surface area contributed by atoms with Gasteiger partial charge in [0.25, 0.3) is 0 Å². The summed E-state index contributed by atoms with van der Waals surface area (Å²) in [6.45, 7) is 0.600. The summed E-state index contributed by atoms with van der Waals surface area (Å²) in [7, 11) is 1.88. The van der Waals surface area contributed by atoms with Crippen LogP contribution in [-0.2, 0) is 6.54 Å². The van der Waals surface area contributed by atoms with Gasteiger partial charge in [-0.3, -0.25) is 4.98 Å². The average Bonchev–Trinajstić information content (AvgIpc) is 2.54. The number of benzene rings is 2. The van der Waals surface area contributed by atoms with E-state index in [1.165, 1.54) is 6.20 Å². The number of fused-ring (bicyclic) bond motifs is 1. The van der Waals surface area contributed by atoms with Crippen LogP contribution in [-0.4, -0.2) is 23.1 Å². The molecular formula is C18H15ClN2O2. The lowest BCUT2D eigenvalue weighted by Gasteiger charge is -2.23. The Labute approximate surface area is 139 Å². The van der Waals surface area contributed by atoms with Crippen LogP contribution >= 0.6 is 11.6 Å². The second-order valence-corrected chi connectivity index (χ2v) is 5.77. The predicted octanol–water partition coefficient (Wildman–Crippen LogP) is 4.22. The van der Waals surface area contributed by atoms with Crippen LogP contribution in [0.1, 0.15) is 15.9 Å². The van der Waals surface area contributed by atoms with Gasteiger partial charge in [-0.15, -0.1) is 0 Å². The molecule has 0 amide bonds. The smallest absolute Gasteiger partial charge is 0.339 e. The van der Waals surface area contributed by atoms with E-state index in [1.54, 1.807) is 12.1 Å². The highest BCUT2D eigenvalue weighted by Crippen LogP contribution is 2.31. The maximum atomic E-state index is 11.6. The molecule has 0 saturated carbocycles. The number of carboxylic acid groups (broad SMARTS) is 1. The third-order valence-corrected chi connectivity index (χ3v) is 3.91. The van der Waals surface area contributed by atoms with E-state index in [-0.39, 0.29) is 5.56 Å². The van der Waals surface area contributed by atoms with Crippen molar-refractivity contribution in [2.45, 2.75) is 6.54 Å². The summed E-state index contributed by atoms with van der Waals surface area (Å²) >= 11 is 6.01. The molecule has 0 atom stereocenters. The molecule has 5 heteroatoms. The van der Waals surface area contributed by atoms with E-state index in [0.29, 0.717) is 22.8 Å². The Hall–Kier alpha value is -2.59. The largest absolute Gasteiger partial charge is 0.478 e. The fraction of sp³-hybridized carbons (Fsp3) is 0.111. The molecule has 0 bridgehead atoms. The van der Waals surface area contributed by atoms with Gasteiger partial charge < -0.3 is 10.0 Å². The molecule has 3 aromatic rings. The summed E-state index contributed by atoms with van der Waals surface area (Å²) in [4.78, 5) is 17.7. The van der Waals surface area contributed by atoms with E-state index in [2.05, 4.69) is 4.98 Å². The lowest BCUT2D eigenvalue weighted by molar-refractivity contribution is 0.0697. The van der Waals surface area contributed by atoms with Gasteiger partial charge in [0.1, 0.15) is 5.56 Å². The second kappa shape index (κ2) is 6.26. The summed E-state index contributed by atoms with van der Waals surface area (Å²) in [6.07, 6.45) is 1.39. The molecule has 0 spiro atoms. The van der Waals surface area contributed by atoms with Crippen molar-refractivity contribution in [3.8, 4) is 0 Å². The number of anilines is 1. The van der Waals surface area contributed by atoms with Crippen LogP contribution in [0.25, 0.3) is 10.9 Å². The third kappa shape index (κ3) is 3.12. The first-order valence-electron chi connectivity index (χ1n) is 7.13. The van der Waals surface area contributed by atoms with E-state index in [4.69, 9.17) is 11.6 Å². The van der Waals surface area contributed by atoms with Crippen molar-refractivity contribution in [3.05, 3.63) is 70.9 Å². The highest BCUT2D eigenvalue weighted by atomic mass is 35.5.